The van der Waals surface area contributed by atoms with Gasteiger partial charge < -0.3 is 0 Å². The Morgan fingerprint density at radius 1 is 1.33 bits per heavy atom. The Kier molecular flexibility index (Phi) is 6.57. The van der Waals surface area contributed by atoms with Crippen molar-refractivity contribution in [3.63, 3.8) is 0 Å². The third-order valence-corrected chi connectivity index (χ3v) is 3.49. The van der Waals surface area contributed by atoms with Crippen molar-refractivity contribution in [3.8, 4) is 0 Å². The van der Waals surface area contributed by atoms with Gasteiger partial charge in [-0.3, -0.25) is 0 Å². The second kappa shape index (κ2) is 6.55. The second-order valence-corrected chi connectivity index (χ2v) is 4.86. The van der Waals surface area contributed by atoms with Crippen LogP contribution in [0.4, 0.5) is 0 Å². The van der Waals surface area contributed by atoms with Crippen LogP contribution >= 0.6 is 0 Å². The first-order chi connectivity index (χ1) is 5.57. The van der Waals surface area contributed by atoms with Crippen LogP contribution in [-0.2, 0) is 39.5 Å². The monoisotopic (exact) mass is 247 g/mol. The van der Waals surface area contributed by atoms with Crippen LogP contribution < -0.4 is 4.90 Å². The fourth-order valence-electron chi connectivity index (χ4n) is 0.456. The standard InChI is InChI=1S/C4H9NO.C3H7NO.Y/c1-3(2)4(5)6;1-2-3(4)5;/h3H,1-2H3,(H2,5,6);2H2,1H3,(H2,4,5);/q;;+2/p-2. The Balaban J connectivity index is 3.44. The van der Waals surface area contributed by atoms with Gasteiger partial charge in [0.1, 0.15) is 0 Å². The fourth-order valence-corrected chi connectivity index (χ4v) is 2.70. The van der Waals surface area contributed by atoms with E-state index in [9.17, 15) is 9.59 Å². The zero-order valence-corrected chi connectivity index (χ0v) is 10.5. The van der Waals surface area contributed by atoms with E-state index in [1.807, 2.05) is 13.8 Å². The number of amides is 2. The number of hydrogen-bond acceptors (Lipinski definition) is 2. The third kappa shape index (κ3) is 5.66. The first kappa shape index (κ1) is 12.0. The van der Waals surface area contributed by atoms with E-state index < -0.39 is 29.9 Å². The molecule has 0 aromatic rings. The van der Waals surface area contributed by atoms with Crippen LogP contribution in [0, 0.1) is 5.92 Å². The molecule has 5 heteroatoms. The molecule has 0 aliphatic carbocycles. The summed E-state index contributed by atoms with van der Waals surface area (Å²) < 4.78 is 5.50. The van der Waals surface area contributed by atoms with Gasteiger partial charge >= 0.3 is 89.3 Å². The SMILES string of the molecule is CCC(=O)[NH][Y][NH]C(=O)C(C)C. The van der Waals surface area contributed by atoms with Crippen LogP contribution in [0.1, 0.15) is 27.2 Å². The van der Waals surface area contributed by atoms with E-state index in [1.54, 1.807) is 6.92 Å². The second-order valence-electron chi connectivity index (χ2n) is 2.73. The summed E-state index contributed by atoms with van der Waals surface area (Å²) in [5.41, 5.74) is 0. The Hall–Kier alpha value is 0.0439. The van der Waals surface area contributed by atoms with Crippen molar-refractivity contribution in [1.29, 1.82) is 0 Å². The minimum atomic E-state index is -1.36. The molecule has 12 heavy (non-hydrogen) atoms. The van der Waals surface area contributed by atoms with Gasteiger partial charge in [0.25, 0.3) is 0 Å². The van der Waals surface area contributed by atoms with E-state index in [0.29, 0.717) is 6.42 Å². The molecule has 2 N–H and O–H groups in total. The normalized spacial score (nSPS) is 9.00. The van der Waals surface area contributed by atoms with Gasteiger partial charge in [0.2, 0.25) is 0 Å². The summed E-state index contributed by atoms with van der Waals surface area (Å²) >= 11 is -1.36. The van der Waals surface area contributed by atoms with Gasteiger partial charge in [-0.2, -0.15) is 0 Å². The molecule has 0 radical (unpaired) electrons. The number of hydrogen-bond donors (Lipinski definition) is 2. The molecule has 0 aromatic carbocycles. The number of rotatable bonds is 4. The van der Waals surface area contributed by atoms with Gasteiger partial charge in [-0.1, -0.05) is 0 Å². The van der Waals surface area contributed by atoms with Gasteiger partial charge in [-0.15, -0.1) is 0 Å². The molecule has 0 aliphatic rings. The minimum absolute atomic E-state index is 0.00910. The summed E-state index contributed by atoms with van der Waals surface area (Å²) in [5.74, 6) is 0.0719. The molecule has 0 saturated carbocycles. The average molecular weight is 247 g/mol. The Morgan fingerprint density at radius 2 is 1.92 bits per heavy atom. The molecule has 0 saturated heterocycles. The van der Waals surface area contributed by atoms with Crippen molar-refractivity contribution < 1.29 is 39.5 Å². The summed E-state index contributed by atoms with van der Waals surface area (Å²) in [6.07, 6.45) is 0.490. The fraction of sp³-hybridized carbons (Fsp3) is 0.714. The van der Waals surface area contributed by atoms with Crippen LogP contribution in [0.2, 0.25) is 0 Å². The van der Waals surface area contributed by atoms with Gasteiger partial charge in [0.05, 0.1) is 0 Å². The summed E-state index contributed by atoms with van der Waals surface area (Å²) in [5, 5.41) is 0. The molecule has 0 fully saturated rings. The topological polar surface area (TPSA) is 58.2 Å². The van der Waals surface area contributed by atoms with E-state index in [1.165, 1.54) is 0 Å². The van der Waals surface area contributed by atoms with Crippen LogP contribution in [0.3, 0.4) is 0 Å². The van der Waals surface area contributed by atoms with Crippen molar-refractivity contribution in [3.05, 3.63) is 0 Å². The Bertz CT molecular complexity index is 171. The predicted molar refractivity (Wildman–Crippen MR) is 41.4 cm³/mol. The Morgan fingerprint density at radius 3 is 2.33 bits per heavy atom. The first-order valence-electron chi connectivity index (χ1n) is 3.99. The van der Waals surface area contributed by atoms with Crippen molar-refractivity contribution >= 4 is 11.8 Å². The van der Waals surface area contributed by atoms with E-state index in [4.69, 9.17) is 0 Å². The number of carbonyl (C=O) groups is 2. The van der Waals surface area contributed by atoms with Crippen LogP contribution in [0.15, 0.2) is 0 Å². The van der Waals surface area contributed by atoms with E-state index in [-0.39, 0.29) is 17.7 Å². The zero-order valence-electron chi connectivity index (χ0n) is 7.68. The number of carbonyl (C=O) groups excluding carboxylic acids is 2. The van der Waals surface area contributed by atoms with E-state index in [2.05, 4.69) is 4.90 Å². The molecule has 0 aromatic heterocycles. The van der Waals surface area contributed by atoms with Crippen molar-refractivity contribution in [2.45, 2.75) is 27.2 Å². The summed E-state index contributed by atoms with van der Waals surface area (Å²) in [7, 11) is 0. The molecule has 2 amide bonds. The summed E-state index contributed by atoms with van der Waals surface area (Å²) in [6.45, 7) is 5.46. The molecule has 0 heterocycles. The molecule has 0 rings (SSSR count). The zero-order chi connectivity index (χ0) is 9.56. The van der Waals surface area contributed by atoms with Crippen molar-refractivity contribution in [1.82, 2.24) is 4.90 Å². The summed E-state index contributed by atoms with van der Waals surface area (Å²) in [6, 6.07) is 0. The first-order valence-corrected chi connectivity index (χ1v) is 6.83. The van der Waals surface area contributed by atoms with Crippen molar-refractivity contribution in [2.75, 3.05) is 0 Å². The van der Waals surface area contributed by atoms with Gasteiger partial charge in [-0.25, -0.2) is 0 Å². The molecule has 4 nitrogen and oxygen atoms in total. The van der Waals surface area contributed by atoms with E-state index in [0.717, 1.165) is 0 Å². The predicted octanol–water partition coefficient (Wildman–Crippen LogP) is 0.197. The van der Waals surface area contributed by atoms with E-state index >= 15 is 0 Å². The molecular formula is C7H14N2O2Y. The quantitative estimate of drug-likeness (QED) is 0.745. The van der Waals surface area contributed by atoms with Gasteiger partial charge in [0.15, 0.2) is 0 Å². The maximum atomic E-state index is 11.0. The van der Waals surface area contributed by atoms with Crippen LogP contribution in [-0.4, -0.2) is 11.8 Å². The third-order valence-electron chi connectivity index (χ3n) is 1.29. The van der Waals surface area contributed by atoms with Crippen LogP contribution in [0.25, 0.3) is 0 Å². The molecule has 0 atom stereocenters. The van der Waals surface area contributed by atoms with Crippen molar-refractivity contribution in [2.24, 2.45) is 5.92 Å². The molecule has 0 bridgehead atoms. The molecule has 0 unspecified atom stereocenters. The Labute approximate surface area is 88.9 Å². The van der Waals surface area contributed by atoms with Crippen LogP contribution in [0.5, 0.6) is 0 Å². The average Bonchev–Trinajstić information content (AvgIpc) is 2.03. The summed E-state index contributed by atoms with van der Waals surface area (Å²) in [4.78, 5) is 21.7. The molecule has 0 spiro atoms. The molecular weight excluding hydrogens is 233 g/mol. The molecule has 67 valence electrons. The number of nitrogens with one attached hydrogen (secondary N) is 2. The van der Waals surface area contributed by atoms with Gasteiger partial charge in [0, 0.05) is 0 Å². The molecule has 0 aliphatic heterocycles. The maximum absolute atomic E-state index is 11.0. The van der Waals surface area contributed by atoms with Gasteiger partial charge in [-0.05, 0) is 0 Å².